The summed E-state index contributed by atoms with van der Waals surface area (Å²) in [7, 11) is 1.86. The summed E-state index contributed by atoms with van der Waals surface area (Å²) in [6.07, 6.45) is 7.12. The first kappa shape index (κ1) is 30.4. The second-order valence-corrected chi connectivity index (χ2v) is 11.1. The van der Waals surface area contributed by atoms with Crippen LogP contribution in [-0.4, -0.2) is 66.5 Å². The Morgan fingerprint density at radius 2 is 1.92 bits per heavy atom. The predicted octanol–water partition coefficient (Wildman–Crippen LogP) is 4.83. The van der Waals surface area contributed by atoms with E-state index in [1.165, 1.54) is 38.2 Å². The molecule has 2 aliphatic rings. The molecule has 8 nitrogen and oxygen atoms in total. The van der Waals surface area contributed by atoms with Crippen molar-refractivity contribution in [3.63, 3.8) is 0 Å². The smallest absolute Gasteiger partial charge is 0.404 e. The van der Waals surface area contributed by atoms with E-state index in [-0.39, 0.29) is 43.6 Å². The first-order valence-corrected chi connectivity index (χ1v) is 14.1. The number of piperidine rings is 1. The van der Waals surface area contributed by atoms with Crippen molar-refractivity contribution in [1.82, 2.24) is 20.9 Å². The van der Waals surface area contributed by atoms with Crippen LogP contribution in [0.5, 0.6) is 0 Å². The maximum absolute atomic E-state index is 15.1. The van der Waals surface area contributed by atoms with Crippen molar-refractivity contribution >= 4 is 23.7 Å². The zero-order valence-electron chi connectivity index (χ0n) is 22.1. The number of likely N-dealkylation sites (tertiary alicyclic amines) is 1. The lowest BCUT2D eigenvalue weighted by Crippen LogP contribution is -2.54. The van der Waals surface area contributed by atoms with Gasteiger partial charge in [0.25, 0.3) is 0 Å². The SMILES string of the molecule is CNC[C@H](CC1CCCCC1)NC(=O)N1CCC[C@@H]([C@@](O)(CCCNC(=O)O)c2ccc(F)c(Cl)c2F)C1. The molecule has 1 saturated carbocycles. The molecule has 1 heterocycles. The van der Waals surface area contributed by atoms with E-state index in [4.69, 9.17) is 16.7 Å². The summed E-state index contributed by atoms with van der Waals surface area (Å²) in [5, 5.41) is 28.6. The Kier molecular flexibility index (Phi) is 11.4. The lowest BCUT2D eigenvalue weighted by atomic mass is 9.74. The fourth-order valence-corrected chi connectivity index (χ4v) is 6.22. The molecule has 0 bridgehead atoms. The number of likely N-dealkylation sites (N-methyl/N-ethyl adjacent to an activating group) is 1. The van der Waals surface area contributed by atoms with Gasteiger partial charge in [-0.3, -0.25) is 0 Å². The molecule has 1 aromatic rings. The fourth-order valence-electron chi connectivity index (χ4n) is 6.05. The molecule has 1 saturated heterocycles. The summed E-state index contributed by atoms with van der Waals surface area (Å²) in [6, 6.07) is 1.96. The Morgan fingerprint density at radius 3 is 2.61 bits per heavy atom. The minimum absolute atomic E-state index is 0.0103. The molecule has 3 rings (SSSR count). The largest absolute Gasteiger partial charge is 0.465 e. The third kappa shape index (κ3) is 7.93. The molecule has 3 amide bonds. The monoisotopic (exact) mass is 558 g/mol. The topological polar surface area (TPSA) is 114 Å². The highest BCUT2D eigenvalue weighted by atomic mass is 35.5. The molecular weight excluding hydrogens is 518 g/mol. The third-order valence-corrected chi connectivity index (χ3v) is 8.36. The van der Waals surface area contributed by atoms with Gasteiger partial charge in [0.05, 0.1) is 5.60 Å². The summed E-state index contributed by atoms with van der Waals surface area (Å²) in [5.41, 5.74) is -1.91. The average Bonchev–Trinajstić information content (AvgIpc) is 2.90. The average molecular weight is 559 g/mol. The van der Waals surface area contributed by atoms with Gasteiger partial charge in [-0.05, 0) is 51.1 Å². The van der Waals surface area contributed by atoms with E-state index in [1.807, 2.05) is 7.05 Å². The maximum Gasteiger partial charge on any atom is 0.404 e. The van der Waals surface area contributed by atoms with Crippen LogP contribution in [0.25, 0.3) is 0 Å². The second kappa shape index (κ2) is 14.3. The van der Waals surface area contributed by atoms with E-state index in [0.717, 1.165) is 12.5 Å². The number of rotatable bonds is 11. The van der Waals surface area contributed by atoms with Crippen LogP contribution in [0.15, 0.2) is 12.1 Å². The van der Waals surface area contributed by atoms with Crippen molar-refractivity contribution in [2.75, 3.05) is 33.2 Å². The van der Waals surface area contributed by atoms with Gasteiger partial charge in [0, 0.05) is 43.7 Å². The first-order valence-electron chi connectivity index (χ1n) is 13.7. The first-order chi connectivity index (χ1) is 18.2. The van der Waals surface area contributed by atoms with Crippen LogP contribution in [0, 0.1) is 23.5 Å². The Balaban J connectivity index is 1.75. The van der Waals surface area contributed by atoms with Crippen molar-refractivity contribution in [2.45, 2.75) is 75.9 Å². The number of benzene rings is 1. The fraction of sp³-hybridized carbons (Fsp3) is 0.704. The number of aliphatic hydroxyl groups is 1. The number of amides is 3. The van der Waals surface area contributed by atoms with Gasteiger partial charge in [0.1, 0.15) is 10.8 Å². The number of nitrogens with zero attached hydrogens (tertiary/aromatic N) is 1. The minimum atomic E-state index is -1.77. The normalized spacial score (nSPS) is 21.0. The van der Waals surface area contributed by atoms with Gasteiger partial charge in [0.15, 0.2) is 5.82 Å². The van der Waals surface area contributed by atoms with Gasteiger partial charge in [-0.25, -0.2) is 18.4 Å². The third-order valence-electron chi connectivity index (χ3n) is 8.02. The van der Waals surface area contributed by atoms with Crippen LogP contribution < -0.4 is 16.0 Å². The van der Waals surface area contributed by atoms with Crippen molar-refractivity contribution in [3.05, 3.63) is 34.4 Å². The van der Waals surface area contributed by atoms with Crippen molar-refractivity contribution in [3.8, 4) is 0 Å². The van der Waals surface area contributed by atoms with Crippen LogP contribution in [-0.2, 0) is 5.60 Å². The number of carbonyl (C=O) groups excluding carboxylic acids is 1. The summed E-state index contributed by atoms with van der Waals surface area (Å²) >= 11 is 5.85. The highest BCUT2D eigenvalue weighted by molar-refractivity contribution is 6.31. The zero-order valence-corrected chi connectivity index (χ0v) is 22.8. The van der Waals surface area contributed by atoms with Crippen LogP contribution >= 0.6 is 11.6 Å². The highest BCUT2D eigenvalue weighted by Crippen LogP contribution is 2.42. The number of hydrogen-bond acceptors (Lipinski definition) is 4. The molecule has 1 aromatic carbocycles. The number of urea groups is 1. The quantitative estimate of drug-likeness (QED) is 0.197. The number of hydrogen-bond donors (Lipinski definition) is 5. The van der Waals surface area contributed by atoms with Gasteiger partial charge in [-0.15, -0.1) is 0 Å². The van der Waals surface area contributed by atoms with Gasteiger partial charge < -0.3 is 31.1 Å². The van der Waals surface area contributed by atoms with Gasteiger partial charge in [0.2, 0.25) is 0 Å². The van der Waals surface area contributed by atoms with E-state index in [1.54, 1.807) is 4.90 Å². The molecule has 1 aliphatic heterocycles. The van der Waals surface area contributed by atoms with E-state index in [2.05, 4.69) is 16.0 Å². The molecule has 3 atom stereocenters. The number of halogens is 3. The van der Waals surface area contributed by atoms with Crippen molar-refractivity contribution in [2.24, 2.45) is 11.8 Å². The maximum atomic E-state index is 15.1. The van der Waals surface area contributed by atoms with Gasteiger partial charge in [-0.1, -0.05) is 49.8 Å². The predicted molar refractivity (Wildman–Crippen MR) is 142 cm³/mol. The Labute approximate surface area is 228 Å². The lowest BCUT2D eigenvalue weighted by Gasteiger charge is -2.43. The van der Waals surface area contributed by atoms with Crippen molar-refractivity contribution in [1.29, 1.82) is 0 Å². The standard InChI is InChI=1S/C27H41ClF2N4O4/c1-31-16-20(15-18-7-3-2-4-8-18)33-25(35)34-14-5-9-19(17-34)27(38,12-6-13-32-26(36)37)21-10-11-22(29)23(28)24(21)30/h10-11,18-20,31-32,38H,2-9,12-17H2,1H3,(H,33,35)(H,36,37)/t19-,20+,27+/m1/s1. The molecule has 0 unspecified atom stereocenters. The molecule has 38 heavy (non-hydrogen) atoms. The second-order valence-electron chi connectivity index (χ2n) is 10.7. The molecular formula is C27H41ClF2N4O4. The van der Waals surface area contributed by atoms with Crippen molar-refractivity contribution < 1.29 is 28.6 Å². The Bertz CT molecular complexity index is 950. The summed E-state index contributed by atoms with van der Waals surface area (Å²) in [6.45, 7) is 1.39. The van der Waals surface area contributed by atoms with Crippen LogP contribution in [0.2, 0.25) is 5.02 Å². The van der Waals surface area contributed by atoms with E-state index in [9.17, 15) is 19.1 Å². The zero-order chi connectivity index (χ0) is 27.7. The summed E-state index contributed by atoms with van der Waals surface area (Å²) < 4.78 is 29.1. The van der Waals surface area contributed by atoms with Gasteiger partial charge >= 0.3 is 12.1 Å². The molecule has 1 aliphatic carbocycles. The molecule has 214 valence electrons. The lowest BCUT2D eigenvalue weighted by molar-refractivity contribution is -0.0577. The molecule has 2 fully saturated rings. The Morgan fingerprint density at radius 1 is 1.18 bits per heavy atom. The van der Waals surface area contributed by atoms with E-state index in [0.29, 0.717) is 31.8 Å². The van der Waals surface area contributed by atoms with Crippen LogP contribution in [0.4, 0.5) is 18.4 Å². The Hall–Kier alpha value is -2.17. The summed E-state index contributed by atoms with van der Waals surface area (Å²) in [5.74, 6) is -1.93. The number of carbonyl (C=O) groups is 2. The van der Waals surface area contributed by atoms with E-state index >= 15 is 4.39 Å². The van der Waals surface area contributed by atoms with Gasteiger partial charge in [-0.2, -0.15) is 0 Å². The van der Waals surface area contributed by atoms with Crippen LogP contribution in [0.3, 0.4) is 0 Å². The number of carboxylic acid groups (broad SMARTS) is 1. The number of nitrogens with one attached hydrogen (secondary N) is 3. The summed E-state index contributed by atoms with van der Waals surface area (Å²) in [4.78, 5) is 25.8. The van der Waals surface area contributed by atoms with Crippen LogP contribution in [0.1, 0.15) is 69.8 Å². The molecule has 0 aromatic heterocycles. The molecule has 0 radical (unpaired) electrons. The molecule has 0 spiro atoms. The molecule has 11 heteroatoms. The highest BCUT2D eigenvalue weighted by Gasteiger charge is 2.43. The minimum Gasteiger partial charge on any atom is -0.465 e. The van der Waals surface area contributed by atoms with E-state index < -0.39 is 34.3 Å². The molecule has 5 N–H and O–H groups in total.